The van der Waals surface area contributed by atoms with Crippen molar-refractivity contribution in [2.45, 2.75) is 38.2 Å². The second kappa shape index (κ2) is 5.78. The van der Waals surface area contributed by atoms with Crippen molar-refractivity contribution < 1.29 is 14.9 Å². The monoisotopic (exact) mass is 326 g/mol. The van der Waals surface area contributed by atoms with E-state index in [1.165, 1.54) is 16.8 Å². The lowest BCUT2D eigenvalue weighted by atomic mass is 9.85. The topological polar surface area (TPSA) is 95.5 Å². The zero-order chi connectivity index (χ0) is 17.5. The lowest BCUT2D eigenvalue weighted by Crippen LogP contribution is -2.52. The molecule has 2 atom stereocenters. The van der Waals surface area contributed by atoms with Crippen molar-refractivity contribution >= 4 is 0 Å². The lowest BCUT2D eigenvalue weighted by Gasteiger charge is -2.42. The van der Waals surface area contributed by atoms with Gasteiger partial charge >= 0.3 is 0 Å². The Morgan fingerprint density at radius 3 is 2.75 bits per heavy atom. The molecule has 3 rings (SSSR count). The number of ether oxygens (including phenoxy) is 1. The molecule has 1 aliphatic rings. The van der Waals surface area contributed by atoms with Crippen molar-refractivity contribution in [3.63, 3.8) is 0 Å². The summed E-state index contributed by atoms with van der Waals surface area (Å²) in [6.45, 7) is 3.27. The first-order valence-corrected chi connectivity index (χ1v) is 7.60. The van der Waals surface area contributed by atoms with Crippen LogP contribution in [0.3, 0.4) is 0 Å². The van der Waals surface area contributed by atoms with Gasteiger partial charge in [-0.2, -0.15) is 5.26 Å². The summed E-state index contributed by atoms with van der Waals surface area (Å²) in [5, 5.41) is 29.3. The zero-order valence-corrected chi connectivity index (χ0v) is 13.4. The summed E-state index contributed by atoms with van der Waals surface area (Å²) in [5.41, 5.74) is 0.325. The van der Waals surface area contributed by atoms with E-state index in [-0.39, 0.29) is 12.2 Å². The minimum absolute atomic E-state index is 0.214. The van der Waals surface area contributed by atoms with Gasteiger partial charge < -0.3 is 19.5 Å². The van der Waals surface area contributed by atoms with Gasteiger partial charge in [0.25, 0.3) is 5.56 Å². The molecule has 0 bridgehead atoms. The molecule has 0 saturated heterocycles. The van der Waals surface area contributed by atoms with Crippen LogP contribution in [0.4, 0.5) is 0 Å². The van der Waals surface area contributed by atoms with Crippen molar-refractivity contribution in [1.82, 2.24) is 4.57 Å². The Kier molecular flexibility index (Phi) is 3.91. The quantitative estimate of drug-likeness (QED) is 0.868. The number of benzene rings is 1. The Labute approximate surface area is 139 Å². The SMILES string of the molecule is CC1(C)Oc2ccc(C#N)cc2C(n2cc(CO)ccc2=O)C1O. The van der Waals surface area contributed by atoms with Crippen molar-refractivity contribution in [3.8, 4) is 11.8 Å². The first-order valence-electron chi connectivity index (χ1n) is 7.60. The van der Waals surface area contributed by atoms with Crippen LogP contribution >= 0.6 is 0 Å². The second-order valence-corrected chi connectivity index (χ2v) is 6.40. The van der Waals surface area contributed by atoms with E-state index in [2.05, 4.69) is 6.07 Å². The van der Waals surface area contributed by atoms with Crippen molar-refractivity contribution in [1.29, 1.82) is 5.26 Å². The van der Waals surface area contributed by atoms with Gasteiger partial charge in [-0.1, -0.05) is 0 Å². The third-order valence-corrected chi connectivity index (χ3v) is 4.32. The van der Waals surface area contributed by atoms with Crippen LogP contribution in [0, 0.1) is 11.3 Å². The number of fused-ring (bicyclic) bond motifs is 1. The van der Waals surface area contributed by atoms with Crippen molar-refractivity contribution in [2.24, 2.45) is 0 Å². The van der Waals surface area contributed by atoms with Gasteiger partial charge in [0.1, 0.15) is 17.5 Å². The Bertz CT molecular complexity index is 879. The van der Waals surface area contributed by atoms with E-state index in [9.17, 15) is 15.0 Å². The van der Waals surface area contributed by atoms with Crippen LogP contribution in [-0.2, 0) is 6.61 Å². The fraction of sp³-hybridized carbons (Fsp3) is 0.333. The highest BCUT2D eigenvalue weighted by atomic mass is 16.5. The van der Waals surface area contributed by atoms with Gasteiger partial charge in [-0.3, -0.25) is 4.79 Å². The summed E-state index contributed by atoms with van der Waals surface area (Å²) >= 11 is 0. The largest absolute Gasteiger partial charge is 0.485 e. The Morgan fingerprint density at radius 1 is 1.33 bits per heavy atom. The molecule has 0 amide bonds. The molecule has 0 saturated carbocycles. The summed E-state index contributed by atoms with van der Waals surface area (Å²) < 4.78 is 7.24. The number of hydrogen-bond acceptors (Lipinski definition) is 5. The fourth-order valence-corrected chi connectivity index (χ4v) is 3.00. The van der Waals surface area contributed by atoms with Crippen LogP contribution < -0.4 is 10.3 Å². The van der Waals surface area contributed by atoms with Gasteiger partial charge in [-0.05, 0) is 43.7 Å². The van der Waals surface area contributed by atoms with Gasteiger partial charge in [-0.25, -0.2) is 0 Å². The van der Waals surface area contributed by atoms with Crippen LogP contribution in [0.25, 0.3) is 0 Å². The minimum Gasteiger partial charge on any atom is -0.485 e. The molecule has 24 heavy (non-hydrogen) atoms. The number of hydrogen-bond donors (Lipinski definition) is 2. The Morgan fingerprint density at radius 2 is 2.08 bits per heavy atom. The number of nitrogens with zero attached hydrogens (tertiary/aromatic N) is 2. The van der Waals surface area contributed by atoms with Gasteiger partial charge in [-0.15, -0.1) is 0 Å². The van der Waals surface area contributed by atoms with E-state index < -0.39 is 17.7 Å². The number of aromatic nitrogens is 1. The minimum atomic E-state index is -1.01. The smallest absolute Gasteiger partial charge is 0.251 e. The van der Waals surface area contributed by atoms with E-state index in [1.54, 1.807) is 38.1 Å². The van der Waals surface area contributed by atoms with E-state index in [1.807, 2.05) is 0 Å². The molecule has 0 aliphatic carbocycles. The third kappa shape index (κ3) is 2.58. The highest BCUT2D eigenvalue weighted by Gasteiger charge is 2.44. The maximum Gasteiger partial charge on any atom is 0.251 e. The molecular weight excluding hydrogens is 308 g/mol. The molecule has 6 nitrogen and oxygen atoms in total. The van der Waals surface area contributed by atoms with Gasteiger partial charge in [0.2, 0.25) is 0 Å². The predicted octanol–water partition coefficient (Wildman–Crippen LogP) is 1.33. The number of aliphatic hydroxyl groups excluding tert-OH is 2. The first kappa shape index (κ1) is 16.2. The number of nitriles is 1. The third-order valence-electron chi connectivity index (χ3n) is 4.32. The highest BCUT2D eigenvalue weighted by Crippen LogP contribution is 2.41. The molecule has 1 aromatic carbocycles. The van der Waals surface area contributed by atoms with Crippen LogP contribution in [0.15, 0.2) is 41.3 Å². The molecule has 124 valence electrons. The molecule has 1 aromatic heterocycles. The molecular formula is C18H18N2O4. The molecule has 2 N–H and O–H groups in total. The Balaban J connectivity index is 2.26. The average molecular weight is 326 g/mol. The lowest BCUT2D eigenvalue weighted by molar-refractivity contribution is -0.0643. The van der Waals surface area contributed by atoms with Crippen molar-refractivity contribution in [2.75, 3.05) is 0 Å². The van der Waals surface area contributed by atoms with Gasteiger partial charge in [0.15, 0.2) is 0 Å². The van der Waals surface area contributed by atoms with Crippen LogP contribution in [0.5, 0.6) is 5.75 Å². The summed E-state index contributed by atoms with van der Waals surface area (Å²) in [4.78, 5) is 12.4. The number of pyridine rings is 1. The second-order valence-electron chi connectivity index (χ2n) is 6.40. The Hall–Kier alpha value is -2.62. The first-order chi connectivity index (χ1) is 11.4. The maximum atomic E-state index is 12.4. The summed E-state index contributed by atoms with van der Waals surface area (Å²) in [5.74, 6) is 0.524. The zero-order valence-electron chi connectivity index (χ0n) is 13.4. The molecule has 0 fully saturated rings. The fourth-order valence-electron chi connectivity index (χ4n) is 3.00. The van der Waals surface area contributed by atoms with Gasteiger partial charge in [0, 0.05) is 17.8 Å². The van der Waals surface area contributed by atoms with E-state index in [4.69, 9.17) is 10.00 Å². The molecule has 2 unspecified atom stereocenters. The van der Waals surface area contributed by atoms with Crippen LogP contribution in [-0.4, -0.2) is 26.5 Å². The molecule has 0 radical (unpaired) electrons. The molecule has 1 aliphatic heterocycles. The van der Waals surface area contributed by atoms with Crippen molar-refractivity contribution in [3.05, 3.63) is 63.6 Å². The molecule has 2 heterocycles. The summed E-state index contributed by atoms with van der Waals surface area (Å²) in [6, 6.07) is 9.18. The predicted molar refractivity (Wildman–Crippen MR) is 86.6 cm³/mol. The van der Waals surface area contributed by atoms with Crippen LogP contribution in [0.1, 0.15) is 36.6 Å². The van der Waals surface area contributed by atoms with E-state index in [0.717, 1.165) is 0 Å². The standard InChI is InChI=1S/C18H18N2O4/c1-18(2)17(23)16(20-9-12(10-21)4-6-15(20)22)13-7-11(8-19)3-5-14(13)24-18/h3-7,9,16-17,21,23H,10H2,1-2H3. The summed E-state index contributed by atoms with van der Waals surface area (Å²) in [7, 11) is 0. The van der Waals surface area contributed by atoms with Crippen LogP contribution in [0.2, 0.25) is 0 Å². The normalized spacial score (nSPS) is 21.5. The van der Waals surface area contributed by atoms with E-state index >= 15 is 0 Å². The molecule has 6 heteroatoms. The summed E-state index contributed by atoms with van der Waals surface area (Å²) in [6.07, 6.45) is 0.520. The average Bonchev–Trinajstić information content (AvgIpc) is 2.56. The number of rotatable bonds is 2. The number of aliphatic hydroxyl groups is 2. The molecule has 2 aromatic rings. The van der Waals surface area contributed by atoms with E-state index in [0.29, 0.717) is 22.4 Å². The maximum absolute atomic E-state index is 12.4. The highest BCUT2D eigenvalue weighted by molar-refractivity contribution is 5.46. The molecule has 0 spiro atoms. The van der Waals surface area contributed by atoms with Gasteiger partial charge in [0.05, 0.1) is 24.3 Å².